The van der Waals surface area contributed by atoms with Crippen LogP contribution in [0.15, 0.2) is 57.7 Å². The minimum absolute atomic E-state index is 0.0986. The first-order valence-electron chi connectivity index (χ1n) is 9.57. The number of rotatable bonds is 3. The second-order valence-electron chi connectivity index (χ2n) is 7.42. The lowest BCUT2D eigenvalue weighted by atomic mass is 10.1. The van der Waals surface area contributed by atoms with E-state index in [1.54, 1.807) is 24.0 Å². The molecule has 0 unspecified atom stereocenters. The van der Waals surface area contributed by atoms with Crippen LogP contribution in [-0.4, -0.2) is 79.4 Å². The van der Waals surface area contributed by atoms with Crippen molar-refractivity contribution in [1.29, 1.82) is 0 Å². The van der Waals surface area contributed by atoms with E-state index < -0.39 is 9.84 Å². The number of allylic oxidation sites excluding steroid dienone is 1. The highest BCUT2D eigenvalue weighted by Gasteiger charge is 2.26. The molecule has 3 rings (SSSR count). The Morgan fingerprint density at radius 3 is 2.57 bits per heavy atom. The molecule has 1 fully saturated rings. The van der Waals surface area contributed by atoms with E-state index in [9.17, 15) is 18.3 Å². The van der Waals surface area contributed by atoms with Crippen LogP contribution in [0.25, 0.3) is 6.08 Å². The van der Waals surface area contributed by atoms with Gasteiger partial charge in [0, 0.05) is 49.9 Å². The minimum Gasteiger partial charge on any atom is -0.494 e. The number of piperazine rings is 1. The topological polar surface area (TPSA) is 106 Å². The van der Waals surface area contributed by atoms with E-state index in [0.29, 0.717) is 35.6 Å². The summed E-state index contributed by atoms with van der Waals surface area (Å²) in [4.78, 5) is 24.3. The molecule has 1 saturated heterocycles. The van der Waals surface area contributed by atoms with Gasteiger partial charge in [0.05, 0.1) is 16.2 Å². The van der Waals surface area contributed by atoms with Gasteiger partial charge in [-0.2, -0.15) is 0 Å². The fraction of sp³-hybridized carbons (Fsp3) is 0.333. The third-order valence-corrected chi connectivity index (χ3v) is 6.07. The normalized spacial score (nSPS) is 18.8. The summed E-state index contributed by atoms with van der Waals surface area (Å²) in [5.41, 5.74) is 1.88. The Morgan fingerprint density at radius 1 is 1.20 bits per heavy atom. The predicted octanol–water partition coefficient (Wildman–Crippen LogP) is 1.76. The minimum atomic E-state index is -3.44. The number of nitrogens with one attached hydrogen (secondary N) is 1. The molecule has 0 bridgehead atoms. The average Bonchev–Trinajstić information content (AvgIpc) is 3.08. The van der Waals surface area contributed by atoms with Gasteiger partial charge in [-0.25, -0.2) is 8.42 Å². The smallest absolute Gasteiger partial charge is 0.256 e. The van der Waals surface area contributed by atoms with Crippen LogP contribution in [0, 0.1) is 0 Å². The lowest BCUT2D eigenvalue weighted by Gasteiger charge is -2.32. The van der Waals surface area contributed by atoms with Crippen LogP contribution in [0.2, 0.25) is 0 Å². The zero-order valence-electron chi connectivity index (χ0n) is 17.3. The van der Waals surface area contributed by atoms with Gasteiger partial charge in [-0.15, -0.1) is 0 Å². The number of carbonyl (C=O) groups is 1. The lowest BCUT2D eigenvalue weighted by Crippen LogP contribution is -2.47. The van der Waals surface area contributed by atoms with Gasteiger partial charge in [0.25, 0.3) is 5.91 Å². The van der Waals surface area contributed by atoms with Crippen LogP contribution < -0.4 is 0 Å². The first-order valence-corrected chi connectivity index (χ1v) is 11.5. The summed E-state index contributed by atoms with van der Waals surface area (Å²) in [6.07, 6.45) is 5.86. The molecular formula is C21H26N4O4S. The maximum Gasteiger partial charge on any atom is 0.256 e. The number of H-pyrrole nitrogens is 1. The molecule has 0 aromatic carbocycles. The number of hydrogen-bond donors (Lipinski definition) is 2. The van der Waals surface area contributed by atoms with Crippen LogP contribution in [0.4, 0.5) is 0 Å². The zero-order valence-corrected chi connectivity index (χ0v) is 18.1. The van der Waals surface area contributed by atoms with E-state index >= 15 is 0 Å². The molecule has 1 amide bonds. The Morgan fingerprint density at radius 2 is 1.90 bits per heavy atom. The van der Waals surface area contributed by atoms with E-state index in [-0.39, 0.29) is 16.7 Å². The Bertz CT molecular complexity index is 1090. The van der Waals surface area contributed by atoms with Crippen molar-refractivity contribution in [2.24, 2.45) is 4.99 Å². The monoisotopic (exact) mass is 430 g/mol. The van der Waals surface area contributed by atoms with Crippen LogP contribution >= 0.6 is 0 Å². The molecule has 2 aliphatic heterocycles. The first kappa shape index (κ1) is 21.8. The number of nitrogens with zero attached hydrogens (tertiary/aromatic N) is 3. The quantitative estimate of drug-likeness (QED) is 0.760. The highest BCUT2D eigenvalue weighted by molar-refractivity contribution is 7.90. The van der Waals surface area contributed by atoms with Gasteiger partial charge < -0.3 is 19.9 Å². The van der Waals surface area contributed by atoms with Crippen molar-refractivity contribution in [1.82, 2.24) is 14.8 Å². The molecule has 0 radical (unpaired) electrons. The molecule has 8 nitrogen and oxygen atoms in total. The molecule has 0 spiro atoms. The summed E-state index contributed by atoms with van der Waals surface area (Å²) in [5.74, 6) is -0.282. The molecule has 9 heteroatoms. The van der Waals surface area contributed by atoms with Crippen LogP contribution in [0.3, 0.4) is 0 Å². The Kier molecular flexibility index (Phi) is 6.42. The van der Waals surface area contributed by atoms with Crippen molar-refractivity contribution in [3.8, 4) is 5.88 Å². The SMILES string of the molecule is CC1=N/C(=C\c2ccc(S(C)(=O)=O)ccc[nH]c2O)C(C(=O)N2CCN(C)CC2)=C1. The molecule has 0 saturated carbocycles. The molecule has 2 N–H and O–H groups in total. The van der Waals surface area contributed by atoms with Crippen molar-refractivity contribution in [2.45, 2.75) is 11.8 Å². The highest BCUT2D eigenvalue weighted by Crippen LogP contribution is 2.26. The van der Waals surface area contributed by atoms with Crippen molar-refractivity contribution in [3.63, 3.8) is 0 Å². The fourth-order valence-electron chi connectivity index (χ4n) is 3.20. The molecule has 30 heavy (non-hydrogen) atoms. The number of hydrogen-bond acceptors (Lipinski definition) is 6. The number of aromatic amines is 1. The fourth-order valence-corrected chi connectivity index (χ4v) is 3.84. The highest BCUT2D eigenvalue weighted by atomic mass is 32.2. The number of amides is 1. The van der Waals surface area contributed by atoms with E-state index in [1.165, 1.54) is 30.5 Å². The summed E-state index contributed by atoms with van der Waals surface area (Å²) in [6.45, 7) is 4.70. The molecule has 0 aliphatic carbocycles. The molecule has 1 aromatic rings. The summed E-state index contributed by atoms with van der Waals surface area (Å²) in [7, 11) is -1.41. The summed E-state index contributed by atoms with van der Waals surface area (Å²) < 4.78 is 23.9. The molecule has 160 valence electrons. The van der Waals surface area contributed by atoms with E-state index in [2.05, 4.69) is 14.9 Å². The van der Waals surface area contributed by atoms with Gasteiger partial charge in [0.15, 0.2) is 15.7 Å². The van der Waals surface area contributed by atoms with Gasteiger partial charge in [0.2, 0.25) is 0 Å². The third kappa shape index (κ3) is 5.17. The van der Waals surface area contributed by atoms with Gasteiger partial charge in [0.1, 0.15) is 0 Å². The second kappa shape index (κ2) is 8.85. The van der Waals surface area contributed by atoms with E-state index in [4.69, 9.17) is 0 Å². The molecule has 1 aromatic heterocycles. The number of sulfone groups is 1. The zero-order chi connectivity index (χ0) is 21.9. The van der Waals surface area contributed by atoms with Crippen molar-refractivity contribution in [3.05, 3.63) is 53.4 Å². The van der Waals surface area contributed by atoms with Crippen molar-refractivity contribution >= 4 is 27.5 Å². The molecule has 2 aliphatic rings. The maximum absolute atomic E-state index is 13.1. The number of aliphatic imine (C=N–C) groups is 1. The molecular weight excluding hydrogens is 404 g/mol. The molecule has 3 heterocycles. The summed E-state index contributed by atoms with van der Waals surface area (Å²) in [6, 6.07) is 5.82. The number of aromatic nitrogens is 1. The standard InChI is InChI=1S/C21H26N4O4S/c1-15-13-18(21(27)25-11-9-24(2)10-12-25)19(23-15)14-16-6-7-17(30(3,28)29)5-4-8-22-20(16)26/h4-8,13-14,22,26H,9-12H2,1-3H3/b7-6?,8-4?,17-5?,19-14-,20-16?. The van der Waals surface area contributed by atoms with Crippen LogP contribution in [0.1, 0.15) is 12.5 Å². The van der Waals surface area contributed by atoms with Gasteiger partial charge in [-0.05, 0) is 50.4 Å². The second-order valence-corrected chi connectivity index (χ2v) is 9.43. The van der Waals surface area contributed by atoms with E-state index in [0.717, 1.165) is 19.3 Å². The predicted molar refractivity (Wildman–Crippen MR) is 116 cm³/mol. The number of likely N-dealkylation sites (N-methyl/N-ethyl adjacent to an activating group) is 1. The van der Waals surface area contributed by atoms with Gasteiger partial charge in [-0.3, -0.25) is 9.79 Å². The van der Waals surface area contributed by atoms with Crippen molar-refractivity contribution < 1.29 is 18.3 Å². The first-order chi connectivity index (χ1) is 14.1. The maximum atomic E-state index is 13.1. The third-order valence-electron chi connectivity index (χ3n) is 4.94. The van der Waals surface area contributed by atoms with Crippen molar-refractivity contribution in [2.75, 3.05) is 39.5 Å². The van der Waals surface area contributed by atoms with Gasteiger partial charge in [-0.1, -0.05) is 0 Å². The average molecular weight is 431 g/mol. The summed E-state index contributed by atoms with van der Waals surface area (Å²) >= 11 is 0. The Labute approximate surface area is 176 Å². The largest absolute Gasteiger partial charge is 0.494 e. The molecule has 0 atom stereocenters. The lowest BCUT2D eigenvalue weighted by molar-refractivity contribution is -0.128. The van der Waals surface area contributed by atoms with E-state index in [1.807, 2.05) is 7.05 Å². The van der Waals surface area contributed by atoms with Crippen LogP contribution in [0.5, 0.6) is 5.88 Å². The van der Waals surface area contributed by atoms with Crippen LogP contribution in [-0.2, 0) is 14.6 Å². The number of carbonyl (C=O) groups excluding carboxylic acids is 1. The number of aromatic hydroxyl groups is 1. The Balaban J connectivity index is 2.01. The van der Waals surface area contributed by atoms with Gasteiger partial charge >= 0.3 is 0 Å². The Hall–Kier alpha value is -2.91. The summed E-state index contributed by atoms with van der Waals surface area (Å²) in [5, 5.41) is 10.4.